The van der Waals surface area contributed by atoms with Crippen LogP contribution in [0.1, 0.15) is 36.2 Å². The quantitative estimate of drug-likeness (QED) is 0.367. The molecule has 0 aliphatic rings. The molecule has 0 saturated heterocycles. The Morgan fingerprint density at radius 2 is 1.44 bits per heavy atom. The number of aromatic amines is 1. The SMILES string of the molecule is CC(C)(c1ccc(Cl)c(C(F)(F)F)c1)N(Cc1cnc[nH]1)c1ccc(Cl)c(C(F)(F)F)c1. The zero-order valence-electron chi connectivity index (χ0n) is 16.7. The number of halogens is 8. The van der Waals surface area contributed by atoms with E-state index in [0.717, 1.165) is 24.3 Å². The smallest absolute Gasteiger partial charge is 0.356 e. The first kappa shape index (κ1) is 24.3. The van der Waals surface area contributed by atoms with Crippen LogP contribution in [0.2, 0.25) is 10.0 Å². The lowest BCUT2D eigenvalue weighted by molar-refractivity contribution is -0.138. The van der Waals surface area contributed by atoms with Gasteiger partial charge in [-0.3, -0.25) is 0 Å². The van der Waals surface area contributed by atoms with Gasteiger partial charge in [0.15, 0.2) is 0 Å². The molecule has 0 bridgehead atoms. The Morgan fingerprint density at radius 1 is 0.875 bits per heavy atom. The summed E-state index contributed by atoms with van der Waals surface area (Å²) in [5.41, 5.74) is -2.40. The highest BCUT2D eigenvalue weighted by Gasteiger charge is 2.38. The second-order valence-electron chi connectivity index (χ2n) is 7.58. The van der Waals surface area contributed by atoms with Crippen LogP contribution < -0.4 is 4.90 Å². The molecule has 172 valence electrons. The second-order valence-corrected chi connectivity index (χ2v) is 8.39. The zero-order chi connectivity index (χ0) is 23.9. The van der Waals surface area contributed by atoms with Crippen LogP contribution in [-0.4, -0.2) is 9.97 Å². The molecule has 3 aromatic rings. The first-order valence-electron chi connectivity index (χ1n) is 9.20. The van der Waals surface area contributed by atoms with Crippen molar-refractivity contribution in [3.05, 3.63) is 81.4 Å². The number of imidazole rings is 1. The summed E-state index contributed by atoms with van der Waals surface area (Å²) >= 11 is 11.5. The molecule has 0 fully saturated rings. The van der Waals surface area contributed by atoms with E-state index in [0.29, 0.717) is 5.69 Å². The fourth-order valence-electron chi connectivity index (χ4n) is 3.33. The van der Waals surface area contributed by atoms with Crippen LogP contribution >= 0.6 is 23.2 Å². The van der Waals surface area contributed by atoms with Gasteiger partial charge >= 0.3 is 12.4 Å². The molecule has 0 saturated carbocycles. The highest BCUT2D eigenvalue weighted by molar-refractivity contribution is 6.31. The van der Waals surface area contributed by atoms with E-state index in [1.165, 1.54) is 29.6 Å². The average molecular weight is 496 g/mol. The molecule has 1 N–H and O–H groups in total. The van der Waals surface area contributed by atoms with Gasteiger partial charge in [0.1, 0.15) is 0 Å². The summed E-state index contributed by atoms with van der Waals surface area (Å²) in [7, 11) is 0. The first-order chi connectivity index (χ1) is 14.7. The highest BCUT2D eigenvalue weighted by atomic mass is 35.5. The summed E-state index contributed by atoms with van der Waals surface area (Å²) in [5.74, 6) is 0. The monoisotopic (exact) mass is 495 g/mol. The fourth-order valence-corrected chi connectivity index (χ4v) is 3.78. The molecule has 0 atom stereocenters. The summed E-state index contributed by atoms with van der Waals surface area (Å²) in [4.78, 5) is 8.30. The minimum Gasteiger partial charge on any atom is -0.356 e. The van der Waals surface area contributed by atoms with E-state index in [9.17, 15) is 26.3 Å². The van der Waals surface area contributed by atoms with Crippen LogP contribution in [-0.2, 0) is 24.4 Å². The van der Waals surface area contributed by atoms with Crippen LogP contribution in [0, 0.1) is 0 Å². The number of rotatable bonds is 5. The van der Waals surface area contributed by atoms with Crippen molar-refractivity contribution in [3.63, 3.8) is 0 Å². The first-order valence-corrected chi connectivity index (χ1v) is 9.95. The Hall–Kier alpha value is -2.39. The van der Waals surface area contributed by atoms with Crippen molar-refractivity contribution in [1.29, 1.82) is 0 Å². The lowest BCUT2D eigenvalue weighted by Gasteiger charge is -2.41. The third kappa shape index (κ3) is 4.99. The van der Waals surface area contributed by atoms with Crippen LogP contribution in [0.3, 0.4) is 0 Å². The minimum atomic E-state index is -4.71. The molecule has 0 aliphatic heterocycles. The van der Waals surface area contributed by atoms with Gasteiger partial charge in [-0.1, -0.05) is 29.3 Å². The van der Waals surface area contributed by atoms with Gasteiger partial charge in [0.05, 0.1) is 45.3 Å². The van der Waals surface area contributed by atoms with Crippen molar-refractivity contribution >= 4 is 28.9 Å². The molecule has 0 amide bonds. The van der Waals surface area contributed by atoms with E-state index >= 15 is 0 Å². The predicted molar refractivity (Wildman–Crippen MR) is 111 cm³/mol. The standard InChI is InChI=1S/C21H17Cl2F6N3/c1-19(2,12-3-5-17(22)15(7-12)20(24,25)26)32(10-13-9-30-11-31-13)14-4-6-18(23)16(8-14)21(27,28)29/h3-9,11H,10H2,1-2H3,(H,30,31). The maximum atomic E-state index is 13.5. The number of H-pyrrole nitrogens is 1. The van der Waals surface area contributed by atoms with Gasteiger partial charge in [-0.15, -0.1) is 0 Å². The van der Waals surface area contributed by atoms with Crippen molar-refractivity contribution in [2.45, 2.75) is 38.3 Å². The molecule has 32 heavy (non-hydrogen) atoms. The van der Waals surface area contributed by atoms with Gasteiger partial charge in [-0.05, 0) is 49.7 Å². The number of nitrogens with one attached hydrogen (secondary N) is 1. The fraction of sp³-hybridized carbons (Fsp3) is 0.286. The molecule has 0 spiro atoms. The van der Waals surface area contributed by atoms with Crippen molar-refractivity contribution < 1.29 is 26.3 Å². The number of alkyl halides is 6. The van der Waals surface area contributed by atoms with E-state index in [1.54, 1.807) is 13.8 Å². The van der Waals surface area contributed by atoms with E-state index < -0.39 is 39.1 Å². The summed E-state index contributed by atoms with van der Waals surface area (Å²) < 4.78 is 80.6. The molecular formula is C21H17Cl2F6N3. The van der Waals surface area contributed by atoms with Gasteiger partial charge in [0, 0.05) is 11.9 Å². The van der Waals surface area contributed by atoms with Crippen molar-refractivity contribution in [1.82, 2.24) is 9.97 Å². The number of hydrogen-bond acceptors (Lipinski definition) is 2. The number of benzene rings is 2. The summed E-state index contributed by atoms with van der Waals surface area (Å²) in [6.45, 7) is 3.25. The number of aromatic nitrogens is 2. The maximum absolute atomic E-state index is 13.5. The van der Waals surface area contributed by atoms with E-state index in [1.807, 2.05) is 0 Å². The third-order valence-corrected chi connectivity index (χ3v) is 5.76. The minimum absolute atomic E-state index is 0.0376. The predicted octanol–water partition coefficient (Wildman–Crippen LogP) is 7.70. The molecule has 11 heteroatoms. The highest BCUT2D eigenvalue weighted by Crippen LogP contribution is 2.42. The molecule has 0 radical (unpaired) electrons. The Morgan fingerprint density at radius 3 is 1.97 bits per heavy atom. The van der Waals surface area contributed by atoms with Gasteiger partial charge < -0.3 is 9.88 Å². The van der Waals surface area contributed by atoms with E-state index in [4.69, 9.17) is 23.2 Å². The molecule has 1 heterocycles. The normalized spacial score (nSPS) is 12.8. The number of hydrogen-bond donors (Lipinski definition) is 1. The number of nitrogens with zero attached hydrogens (tertiary/aromatic N) is 2. The Balaban J connectivity index is 2.17. The molecule has 0 aliphatic carbocycles. The summed E-state index contributed by atoms with van der Waals surface area (Å²) in [5, 5.41) is -0.950. The maximum Gasteiger partial charge on any atom is 0.417 e. The van der Waals surface area contributed by atoms with Crippen molar-refractivity contribution in [2.24, 2.45) is 0 Å². The van der Waals surface area contributed by atoms with Crippen molar-refractivity contribution in [2.75, 3.05) is 4.90 Å². The average Bonchev–Trinajstić information content (AvgIpc) is 3.18. The Labute approximate surface area is 190 Å². The van der Waals surface area contributed by atoms with Crippen LogP contribution in [0.25, 0.3) is 0 Å². The van der Waals surface area contributed by atoms with Crippen LogP contribution in [0.4, 0.5) is 32.0 Å². The van der Waals surface area contributed by atoms with E-state index in [-0.39, 0.29) is 17.8 Å². The Kier molecular flexibility index (Phi) is 6.45. The third-order valence-electron chi connectivity index (χ3n) is 5.10. The van der Waals surface area contributed by atoms with E-state index in [2.05, 4.69) is 9.97 Å². The van der Waals surface area contributed by atoms with Gasteiger partial charge in [0.2, 0.25) is 0 Å². The lowest BCUT2D eigenvalue weighted by atomic mass is 9.89. The lowest BCUT2D eigenvalue weighted by Crippen LogP contribution is -2.41. The van der Waals surface area contributed by atoms with Crippen LogP contribution in [0.15, 0.2) is 48.9 Å². The molecule has 3 rings (SSSR count). The molecule has 0 unspecified atom stereocenters. The Bertz CT molecular complexity index is 1090. The van der Waals surface area contributed by atoms with Crippen LogP contribution in [0.5, 0.6) is 0 Å². The second kappa shape index (κ2) is 8.51. The summed E-state index contributed by atoms with van der Waals surface area (Å²) in [6.07, 6.45) is -6.53. The molecule has 2 aromatic carbocycles. The zero-order valence-corrected chi connectivity index (χ0v) is 18.3. The van der Waals surface area contributed by atoms with Crippen molar-refractivity contribution in [3.8, 4) is 0 Å². The molecule has 3 nitrogen and oxygen atoms in total. The molecular weight excluding hydrogens is 479 g/mol. The van der Waals surface area contributed by atoms with Gasteiger partial charge in [-0.2, -0.15) is 26.3 Å². The largest absolute Gasteiger partial charge is 0.417 e. The topological polar surface area (TPSA) is 31.9 Å². The molecule has 1 aromatic heterocycles. The number of anilines is 1. The van der Waals surface area contributed by atoms with Gasteiger partial charge in [0.25, 0.3) is 0 Å². The van der Waals surface area contributed by atoms with Gasteiger partial charge in [-0.25, -0.2) is 4.98 Å². The summed E-state index contributed by atoms with van der Waals surface area (Å²) in [6, 6.07) is 6.82.